The summed E-state index contributed by atoms with van der Waals surface area (Å²) >= 11 is 0. The molecule has 2 amide bonds. The summed E-state index contributed by atoms with van der Waals surface area (Å²) in [5.41, 5.74) is 1.16. The number of carbonyl (C=O) groups excluding carboxylic acids is 2. The van der Waals surface area contributed by atoms with E-state index in [0.29, 0.717) is 13.1 Å². The molecule has 1 saturated carbocycles. The van der Waals surface area contributed by atoms with E-state index in [9.17, 15) is 9.59 Å². The molecule has 1 aliphatic heterocycles. The van der Waals surface area contributed by atoms with Crippen molar-refractivity contribution < 1.29 is 14.3 Å². The van der Waals surface area contributed by atoms with E-state index in [0.717, 1.165) is 57.2 Å². The van der Waals surface area contributed by atoms with Crippen LogP contribution in [-0.2, 0) is 20.9 Å². The van der Waals surface area contributed by atoms with Crippen molar-refractivity contribution in [3.05, 3.63) is 35.9 Å². The van der Waals surface area contributed by atoms with E-state index in [2.05, 4.69) is 17.4 Å². The van der Waals surface area contributed by atoms with Gasteiger partial charge in [-0.1, -0.05) is 30.3 Å². The van der Waals surface area contributed by atoms with Gasteiger partial charge in [-0.25, -0.2) is 0 Å². The van der Waals surface area contributed by atoms with Gasteiger partial charge in [-0.15, -0.1) is 0 Å². The Bertz CT molecular complexity index is 605. The van der Waals surface area contributed by atoms with E-state index in [1.54, 1.807) is 0 Å². The third-order valence-corrected chi connectivity index (χ3v) is 5.88. The van der Waals surface area contributed by atoms with Crippen LogP contribution in [0.1, 0.15) is 51.0 Å². The van der Waals surface area contributed by atoms with Crippen LogP contribution in [0.25, 0.3) is 0 Å². The first-order valence-electron chi connectivity index (χ1n) is 10.4. The van der Waals surface area contributed by atoms with Gasteiger partial charge in [0.25, 0.3) is 0 Å². The van der Waals surface area contributed by atoms with Crippen molar-refractivity contribution >= 4 is 11.8 Å². The van der Waals surface area contributed by atoms with Gasteiger partial charge in [0.1, 0.15) is 0 Å². The minimum atomic E-state index is 0.0413. The lowest BCUT2D eigenvalue weighted by molar-refractivity contribution is -0.138. The smallest absolute Gasteiger partial charge is 0.225 e. The van der Waals surface area contributed by atoms with Gasteiger partial charge in [0.2, 0.25) is 11.8 Å². The molecule has 5 nitrogen and oxygen atoms in total. The van der Waals surface area contributed by atoms with Gasteiger partial charge in [-0.3, -0.25) is 9.59 Å². The van der Waals surface area contributed by atoms with Crippen LogP contribution in [0.2, 0.25) is 0 Å². The predicted molar refractivity (Wildman–Crippen MR) is 105 cm³/mol. The topological polar surface area (TPSA) is 58.6 Å². The van der Waals surface area contributed by atoms with Gasteiger partial charge in [0, 0.05) is 38.1 Å². The van der Waals surface area contributed by atoms with E-state index in [4.69, 9.17) is 4.74 Å². The van der Waals surface area contributed by atoms with E-state index in [-0.39, 0.29) is 29.8 Å². The second-order valence-corrected chi connectivity index (χ2v) is 7.77. The Balaban J connectivity index is 1.44. The third kappa shape index (κ3) is 5.55. The zero-order valence-electron chi connectivity index (χ0n) is 16.4. The van der Waals surface area contributed by atoms with E-state index in [1.807, 2.05) is 30.0 Å². The van der Waals surface area contributed by atoms with E-state index < -0.39 is 0 Å². The summed E-state index contributed by atoms with van der Waals surface area (Å²) in [4.78, 5) is 27.3. The van der Waals surface area contributed by atoms with Gasteiger partial charge in [-0.2, -0.15) is 0 Å². The Hall–Kier alpha value is -1.88. The molecule has 2 fully saturated rings. The molecule has 2 aliphatic rings. The van der Waals surface area contributed by atoms with Crippen molar-refractivity contribution in [2.45, 2.75) is 58.1 Å². The molecule has 1 atom stereocenters. The molecule has 1 aromatic carbocycles. The maximum Gasteiger partial charge on any atom is 0.225 e. The first-order valence-corrected chi connectivity index (χ1v) is 10.4. The SMILES string of the molecule is CCN(Cc1ccccc1)C(=O)C1CCC(C(=O)NCC2CCCO2)CC1. The van der Waals surface area contributed by atoms with Crippen molar-refractivity contribution in [2.24, 2.45) is 11.8 Å². The average Bonchev–Trinajstić information content (AvgIpc) is 3.24. The highest BCUT2D eigenvalue weighted by Crippen LogP contribution is 2.30. The van der Waals surface area contributed by atoms with E-state index >= 15 is 0 Å². The molecule has 0 aromatic heterocycles. The zero-order chi connectivity index (χ0) is 19.1. The lowest BCUT2D eigenvalue weighted by Gasteiger charge is -2.31. The number of benzene rings is 1. The number of hydrogen-bond donors (Lipinski definition) is 1. The number of nitrogens with zero attached hydrogens (tertiary/aromatic N) is 1. The summed E-state index contributed by atoms with van der Waals surface area (Å²) in [5.74, 6) is 0.461. The molecule has 0 radical (unpaired) electrons. The second-order valence-electron chi connectivity index (χ2n) is 7.77. The number of amides is 2. The summed E-state index contributed by atoms with van der Waals surface area (Å²) in [7, 11) is 0. The molecule has 5 heteroatoms. The molecule has 1 saturated heterocycles. The van der Waals surface area contributed by atoms with Gasteiger partial charge in [0.15, 0.2) is 0 Å². The first kappa shape index (κ1) is 19.9. The Morgan fingerprint density at radius 2 is 1.78 bits per heavy atom. The van der Waals surface area contributed by atoms with Crippen molar-refractivity contribution in [1.29, 1.82) is 0 Å². The fraction of sp³-hybridized carbons (Fsp3) is 0.636. The second kappa shape index (κ2) is 9.88. The van der Waals surface area contributed by atoms with Crippen LogP contribution >= 0.6 is 0 Å². The molecule has 1 aromatic rings. The van der Waals surface area contributed by atoms with Crippen LogP contribution in [0, 0.1) is 11.8 Å². The molecular formula is C22H32N2O3. The summed E-state index contributed by atoms with van der Waals surface area (Å²) in [5, 5.41) is 3.05. The highest BCUT2D eigenvalue weighted by Gasteiger charge is 2.32. The van der Waals surface area contributed by atoms with Gasteiger partial charge in [-0.05, 0) is 51.0 Å². The highest BCUT2D eigenvalue weighted by atomic mass is 16.5. The Kier molecular flexibility index (Phi) is 7.27. The van der Waals surface area contributed by atoms with Crippen LogP contribution in [-0.4, -0.2) is 42.5 Å². The predicted octanol–water partition coefficient (Wildman–Crippen LogP) is 3.14. The summed E-state index contributed by atoms with van der Waals surface area (Å²) in [6.07, 6.45) is 5.53. The Morgan fingerprint density at radius 3 is 2.41 bits per heavy atom. The summed E-state index contributed by atoms with van der Waals surface area (Å²) in [6, 6.07) is 10.1. The lowest BCUT2D eigenvalue weighted by atomic mass is 9.81. The van der Waals surface area contributed by atoms with Gasteiger partial charge < -0.3 is 15.0 Å². The zero-order valence-corrected chi connectivity index (χ0v) is 16.4. The summed E-state index contributed by atoms with van der Waals surface area (Å²) < 4.78 is 5.56. The largest absolute Gasteiger partial charge is 0.376 e. The molecule has 0 spiro atoms. The average molecular weight is 373 g/mol. The molecule has 1 unspecified atom stereocenters. The Morgan fingerprint density at radius 1 is 1.07 bits per heavy atom. The van der Waals surface area contributed by atoms with Crippen LogP contribution in [0.3, 0.4) is 0 Å². The van der Waals surface area contributed by atoms with Crippen molar-refractivity contribution in [3.8, 4) is 0 Å². The minimum Gasteiger partial charge on any atom is -0.376 e. The molecule has 27 heavy (non-hydrogen) atoms. The van der Waals surface area contributed by atoms with Gasteiger partial charge >= 0.3 is 0 Å². The maximum absolute atomic E-state index is 12.9. The molecule has 1 heterocycles. The number of hydrogen-bond acceptors (Lipinski definition) is 3. The standard InChI is InChI=1S/C22H32N2O3/c1-2-24(16-17-7-4-3-5-8-17)22(26)19-12-10-18(11-13-19)21(25)23-15-20-9-6-14-27-20/h3-5,7-8,18-20H,2,6,9-16H2,1H3,(H,23,25). The summed E-state index contributed by atoms with van der Waals surface area (Å²) in [6.45, 7) is 4.85. The third-order valence-electron chi connectivity index (χ3n) is 5.88. The van der Waals surface area contributed by atoms with Gasteiger partial charge in [0.05, 0.1) is 6.10 Å². The monoisotopic (exact) mass is 372 g/mol. The molecule has 3 rings (SSSR count). The molecule has 1 N–H and O–H groups in total. The number of ether oxygens (including phenoxy) is 1. The molecule has 1 aliphatic carbocycles. The number of rotatable bonds is 7. The van der Waals surface area contributed by atoms with Crippen molar-refractivity contribution in [2.75, 3.05) is 19.7 Å². The van der Waals surface area contributed by atoms with Crippen molar-refractivity contribution in [1.82, 2.24) is 10.2 Å². The van der Waals surface area contributed by atoms with Crippen LogP contribution in [0.5, 0.6) is 0 Å². The Labute approximate surface area is 162 Å². The molecule has 148 valence electrons. The highest BCUT2D eigenvalue weighted by molar-refractivity contribution is 5.81. The molecular weight excluding hydrogens is 340 g/mol. The molecule has 0 bridgehead atoms. The number of carbonyl (C=O) groups is 2. The fourth-order valence-corrected chi connectivity index (χ4v) is 4.17. The first-order chi connectivity index (χ1) is 13.2. The fourth-order valence-electron chi connectivity index (χ4n) is 4.17. The van der Waals surface area contributed by atoms with Crippen LogP contribution < -0.4 is 5.32 Å². The van der Waals surface area contributed by atoms with E-state index in [1.165, 1.54) is 0 Å². The van der Waals surface area contributed by atoms with Crippen LogP contribution in [0.4, 0.5) is 0 Å². The normalized spacial score (nSPS) is 25.1. The number of nitrogens with one attached hydrogen (secondary N) is 1. The van der Waals surface area contributed by atoms with Crippen molar-refractivity contribution in [3.63, 3.8) is 0 Å². The van der Waals surface area contributed by atoms with Crippen LogP contribution in [0.15, 0.2) is 30.3 Å². The lowest BCUT2D eigenvalue weighted by Crippen LogP contribution is -2.40. The quantitative estimate of drug-likeness (QED) is 0.800. The maximum atomic E-state index is 12.9. The minimum absolute atomic E-state index is 0.0413.